The van der Waals surface area contributed by atoms with Crippen LogP contribution in [-0.2, 0) is 4.79 Å². The topological polar surface area (TPSA) is 45.2 Å². The van der Waals surface area contributed by atoms with Gasteiger partial charge in [-0.3, -0.25) is 9.78 Å². The van der Waals surface area contributed by atoms with Crippen LogP contribution in [0.4, 0.5) is 5.69 Å². The van der Waals surface area contributed by atoms with Gasteiger partial charge in [0.05, 0.1) is 5.69 Å². The SMILES string of the molecule is CC(NC1CC(=O)N(C)c2ccccc21)c1ccccn1. The van der Waals surface area contributed by atoms with Crippen molar-refractivity contribution in [1.82, 2.24) is 10.3 Å². The van der Waals surface area contributed by atoms with Crippen LogP contribution in [0, 0.1) is 0 Å². The first-order valence-corrected chi connectivity index (χ1v) is 7.19. The Morgan fingerprint density at radius 3 is 2.76 bits per heavy atom. The largest absolute Gasteiger partial charge is 0.315 e. The Bertz CT molecular complexity index is 641. The molecule has 2 atom stereocenters. The van der Waals surface area contributed by atoms with Crippen molar-refractivity contribution < 1.29 is 4.79 Å². The molecular weight excluding hydrogens is 262 g/mol. The van der Waals surface area contributed by atoms with Crippen molar-refractivity contribution >= 4 is 11.6 Å². The standard InChI is InChI=1S/C17H19N3O/c1-12(14-8-5-6-10-18-14)19-15-11-17(21)20(2)16-9-4-3-7-13(15)16/h3-10,12,15,19H,11H2,1-2H3. The summed E-state index contributed by atoms with van der Waals surface area (Å²) >= 11 is 0. The number of para-hydroxylation sites is 1. The molecular formula is C17H19N3O. The predicted octanol–water partition coefficient (Wildman–Crippen LogP) is 2.84. The van der Waals surface area contributed by atoms with Crippen LogP contribution in [0.15, 0.2) is 48.7 Å². The van der Waals surface area contributed by atoms with E-state index in [9.17, 15) is 4.79 Å². The van der Waals surface area contributed by atoms with E-state index in [0.29, 0.717) is 6.42 Å². The lowest BCUT2D eigenvalue weighted by Gasteiger charge is -2.33. The summed E-state index contributed by atoms with van der Waals surface area (Å²) in [5, 5.41) is 3.53. The van der Waals surface area contributed by atoms with Crippen molar-refractivity contribution in [1.29, 1.82) is 0 Å². The molecule has 3 rings (SSSR count). The molecule has 1 N–H and O–H groups in total. The lowest BCUT2D eigenvalue weighted by Crippen LogP contribution is -2.38. The van der Waals surface area contributed by atoms with Gasteiger partial charge in [-0.05, 0) is 30.7 Å². The first-order chi connectivity index (χ1) is 10.2. The molecule has 108 valence electrons. The predicted molar refractivity (Wildman–Crippen MR) is 83.0 cm³/mol. The zero-order valence-corrected chi connectivity index (χ0v) is 12.3. The highest BCUT2D eigenvalue weighted by atomic mass is 16.2. The Hall–Kier alpha value is -2.20. The molecule has 2 aromatic rings. The zero-order valence-electron chi connectivity index (χ0n) is 12.3. The molecule has 0 bridgehead atoms. The summed E-state index contributed by atoms with van der Waals surface area (Å²) in [6.07, 6.45) is 2.27. The van der Waals surface area contributed by atoms with Crippen molar-refractivity contribution in [3.63, 3.8) is 0 Å². The highest BCUT2D eigenvalue weighted by Crippen LogP contribution is 2.34. The Kier molecular flexibility index (Phi) is 3.71. The molecule has 2 heterocycles. The van der Waals surface area contributed by atoms with Crippen molar-refractivity contribution in [3.8, 4) is 0 Å². The smallest absolute Gasteiger partial charge is 0.228 e. The molecule has 0 fully saturated rings. The van der Waals surface area contributed by atoms with E-state index >= 15 is 0 Å². The van der Waals surface area contributed by atoms with E-state index in [1.807, 2.05) is 43.4 Å². The molecule has 21 heavy (non-hydrogen) atoms. The number of pyridine rings is 1. The molecule has 0 saturated carbocycles. The minimum Gasteiger partial charge on any atom is -0.315 e. The van der Waals surface area contributed by atoms with Crippen LogP contribution >= 0.6 is 0 Å². The number of amides is 1. The number of aromatic nitrogens is 1. The van der Waals surface area contributed by atoms with E-state index in [4.69, 9.17) is 0 Å². The highest BCUT2D eigenvalue weighted by molar-refractivity contribution is 5.96. The summed E-state index contributed by atoms with van der Waals surface area (Å²) in [7, 11) is 1.83. The minimum atomic E-state index is 0.0295. The molecule has 2 unspecified atom stereocenters. The fraction of sp³-hybridized carbons (Fsp3) is 0.294. The fourth-order valence-corrected chi connectivity index (χ4v) is 2.81. The first kappa shape index (κ1) is 13.8. The maximum absolute atomic E-state index is 12.2. The summed E-state index contributed by atoms with van der Waals surface area (Å²) in [5.41, 5.74) is 3.14. The van der Waals surface area contributed by atoms with Crippen molar-refractivity contribution in [2.45, 2.75) is 25.4 Å². The second-order valence-electron chi connectivity index (χ2n) is 5.41. The quantitative estimate of drug-likeness (QED) is 0.941. The maximum Gasteiger partial charge on any atom is 0.228 e. The Morgan fingerprint density at radius 2 is 2.00 bits per heavy atom. The van der Waals surface area contributed by atoms with Crippen molar-refractivity contribution in [2.75, 3.05) is 11.9 Å². The average molecular weight is 281 g/mol. The lowest BCUT2D eigenvalue weighted by atomic mass is 9.95. The van der Waals surface area contributed by atoms with Gasteiger partial charge in [-0.1, -0.05) is 24.3 Å². The number of carbonyl (C=O) groups excluding carboxylic acids is 1. The van der Waals surface area contributed by atoms with E-state index in [0.717, 1.165) is 11.4 Å². The lowest BCUT2D eigenvalue weighted by molar-refractivity contribution is -0.119. The second-order valence-corrected chi connectivity index (χ2v) is 5.41. The molecule has 0 radical (unpaired) electrons. The van der Waals surface area contributed by atoms with E-state index in [1.54, 1.807) is 11.1 Å². The van der Waals surface area contributed by atoms with Crippen molar-refractivity contribution in [2.24, 2.45) is 0 Å². The summed E-state index contributed by atoms with van der Waals surface area (Å²) in [6, 6.07) is 14.1. The minimum absolute atomic E-state index is 0.0295. The Morgan fingerprint density at radius 1 is 1.24 bits per heavy atom. The van der Waals surface area contributed by atoms with E-state index in [2.05, 4.69) is 23.3 Å². The van der Waals surface area contributed by atoms with Gasteiger partial charge in [0.15, 0.2) is 0 Å². The van der Waals surface area contributed by atoms with Gasteiger partial charge in [-0.15, -0.1) is 0 Å². The molecule has 0 aliphatic carbocycles. The van der Waals surface area contributed by atoms with E-state index in [1.165, 1.54) is 5.56 Å². The fourth-order valence-electron chi connectivity index (χ4n) is 2.81. The monoisotopic (exact) mass is 281 g/mol. The number of nitrogens with one attached hydrogen (secondary N) is 1. The molecule has 0 spiro atoms. The molecule has 1 aliphatic heterocycles. The molecule has 4 nitrogen and oxygen atoms in total. The van der Waals surface area contributed by atoms with Gasteiger partial charge in [-0.2, -0.15) is 0 Å². The van der Waals surface area contributed by atoms with Crippen LogP contribution in [0.25, 0.3) is 0 Å². The first-order valence-electron chi connectivity index (χ1n) is 7.19. The van der Waals surface area contributed by atoms with Crippen LogP contribution in [-0.4, -0.2) is 17.9 Å². The van der Waals surface area contributed by atoms with Gasteiger partial charge in [0, 0.05) is 37.4 Å². The molecule has 1 aromatic heterocycles. The second kappa shape index (κ2) is 5.66. The summed E-state index contributed by atoms with van der Waals surface area (Å²) in [4.78, 5) is 18.3. The zero-order chi connectivity index (χ0) is 14.8. The number of anilines is 1. The molecule has 1 aromatic carbocycles. The molecule has 4 heteroatoms. The van der Waals surface area contributed by atoms with Gasteiger partial charge in [0.1, 0.15) is 0 Å². The van der Waals surface area contributed by atoms with Crippen LogP contribution < -0.4 is 10.2 Å². The van der Waals surface area contributed by atoms with Crippen LogP contribution in [0.1, 0.15) is 36.7 Å². The maximum atomic E-state index is 12.2. The Labute approximate surface area is 124 Å². The summed E-state index contributed by atoms with van der Waals surface area (Å²) in [6.45, 7) is 2.08. The normalized spacial score (nSPS) is 19.2. The highest BCUT2D eigenvalue weighted by Gasteiger charge is 2.29. The molecule has 0 saturated heterocycles. The average Bonchev–Trinajstić information content (AvgIpc) is 2.53. The third-order valence-corrected chi connectivity index (χ3v) is 4.01. The van der Waals surface area contributed by atoms with Gasteiger partial charge in [-0.25, -0.2) is 0 Å². The number of fused-ring (bicyclic) bond motifs is 1. The third kappa shape index (κ3) is 2.67. The number of carbonyl (C=O) groups is 1. The van der Waals surface area contributed by atoms with Gasteiger partial charge >= 0.3 is 0 Å². The summed E-state index contributed by atoms with van der Waals surface area (Å²) in [5.74, 6) is 0.138. The third-order valence-electron chi connectivity index (χ3n) is 4.01. The van der Waals surface area contributed by atoms with Gasteiger partial charge < -0.3 is 10.2 Å². The van der Waals surface area contributed by atoms with Gasteiger partial charge in [0.25, 0.3) is 0 Å². The number of benzene rings is 1. The van der Waals surface area contributed by atoms with Crippen LogP contribution in [0.2, 0.25) is 0 Å². The van der Waals surface area contributed by atoms with Crippen LogP contribution in [0.3, 0.4) is 0 Å². The number of rotatable bonds is 3. The van der Waals surface area contributed by atoms with Crippen LogP contribution in [0.5, 0.6) is 0 Å². The van der Waals surface area contributed by atoms with E-state index in [-0.39, 0.29) is 18.0 Å². The number of hydrogen-bond donors (Lipinski definition) is 1. The Balaban J connectivity index is 1.86. The summed E-state index contributed by atoms with van der Waals surface area (Å²) < 4.78 is 0. The number of hydrogen-bond acceptors (Lipinski definition) is 3. The number of nitrogens with zero attached hydrogens (tertiary/aromatic N) is 2. The molecule has 1 amide bonds. The van der Waals surface area contributed by atoms with Gasteiger partial charge in [0.2, 0.25) is 5.91 Å². The van der Waals surface area contributed by atoms with E-state index < -0.39 is 0 Å². The van der Waals surface area contributed by atoms with Crippen molar-refractivity contribution in [3.05, 3.63) is 59.9 Å². The molecule has 1 aliphatic rings.